The SMILES string of the molecule is CCC(O)OS(=O)(=O)C(CF)CF. The lowest BCUT2D eigenvalue weighted by molar-refractivity contribution is -0.0151. The third kappa shape index (κ3) is 3.97. The van der Waals surface area contributed by atoms with Gasteiger partial charge in [0.05, 0.1) is 0 Å². The first kappa shape index (κ1) is 12.7. The monoisotopic (exact) mass is 218 g/mol. The van der Waals surface area contributed by atoms with Gasteiger partial charge < -0.3 is 5.11 Å². The molecule has 7 heteroatoms. The third-order valence-electron chi connectivity index (χ3n) is 1.35. The van der Waals surface area contributed by atoms with Crippen LogP contribution in [-0.2, 0) is 14.3 Å². The lowest BCUT2D eigenvalue weighted by atomic mass is 10.5. The third-order valence-corrected chi connectivity index (χ3v) is 2.91. The van der Waals surface area contributed by atoms with E-state index in [-0.39, 0.29) is 6.42 Å². The van der Waals surface area contributed by atoms with Gasteiger partial charge in [0.1, 0.15) is 18.6 Å². The molecule has 0 radical (unpaired) electrons. The second-order valence-corrected chi connectivity index (χ2v) is 4.23. The molecule has 1 atom stereocenters. The summed E-state index contributed by atoms with van der Waals surface area (Å²) in [5.74, 6) is 0. The van der Waals surface area contributed by atoms with Crippen molar-refractivity contribution in [3.8, 4) is 0 Å². The minimum atomic E-state index is -4.33. The predicted octanol–water partition coefficient (Wildman–Crippen LogP) is 0.369. The van der Waals surface area contributed by atoms with Crippen molar-refractivity contribution in [3.05, 3.63) is 0 Å². The van der Waals surface area contributed by atoms with Crippen LogP contribution >= 0.6 is 0 Å². The number of hydrogen-bond donors (Lipinski definition) is 1. The Morgan fingerprint density at radius 3 is 2.15 bits per heavy atom. The molecule has 13 heavy (non-hydrogen) atoms. The second kappa shape index (κ2) is 5.46. The van der Waals surface area contributed by atoms with Crippen LogP contribution < -0.4 is 0 Å². The lowest BCUT2D eigenvalue weighted by Gasteiger charge is -2.13. The highest BCUT2D eigenvalue weighted by Crippen LogP contribution is 2.09. The van der Waals surface area contributed by atoms with Crippen molar-refractivity contribution < 1.29 is 26.5 Å². The Morgan fingerprint density at radius 2 is 1.85 bits per heavy atom. The van der Waals surface area contributed by atoms with Gasteiger partial charge >= 0.3 is 0 Å². The molecule has 0 amide bonds. The highest BCUT2D eigenvalue weighted by Gasteiger charge is 2.28. The van der Waals surface area contributed by atoms with E-state index in [0.29, 0.717) is 0 Å². The molecule has 0 fully saturated rings. The van der Waals surface area contributed by atoms with Gasteiger partial charge in [0.2, 0.25) is 0 Å². The Hall–Kier alpha value is -0.270. The Morgan fingerprint density at radius 1 is 1.38 bits per heavy atom. The van der Waals surface area contributed by atoms with E-state index >= 15 is 0 Å². The smallest absolute Gasteiger partial charge is 0.277 e. The van der Waals surface area contributed by atoms with Crippen molar-refractivity contribution in [2.45, 2.75) is 24.9 Å². The summed E-state index contributed by atoms with van der Waals surface area (Å²) < 4.78 is 49.7. The molecule has 0 aliphatic carbocycles. The average molecular weight is 218 g/mol. The number of hydrogen-bond acceptors (Lipinski definition) is 4. The van der Waals surface area contributed by atoms with E-state index in [2.05, 4.69) is 4.18 Å². The molecule has 0 aromatic heterocycles. The molecule has 0 heterocycles. The van der Waals surface area contributed by atoms with Crippen molar-refractivity contribution in [2.75, 3.05) is 13.3 Å². The van der Waals surface area contributed by atoms with Crippen LogP contribution in [0.25, 0.3) is 0 Å². The Balaban J connectivity index is 4.38. The molecule has 0 bridgehead atoms. The number of aliphatic hydroxyl groups excluding tert-OH is 1. The van der Waals surface area contributed by atoms with Gasteiger partial charge in [0.25, 0.3) is 10.1 Å². The van der Waals surface area contributed by atoms with Crippen molar-refractivity contribution in [2.24, 2.45) is 0 Å². The highest BCUT2D eigenvalue weighted by atomic mass is 32.2. The zero-order valence-electron chi connectivity index (χ0n) is 7.11. The Labute approximate surface area is 75.6 Å². The number of rotatable bonds is 6. The number of aliphatic hydroxyl groups is 1. The number of halogens is 2. The van der Waals surface area contributed by atoms with Crippen LogP contribution in [0.3, 0.4) is 0 Å². The Kier molecular flexibility index (Phi) is 5.34. The highest BCUT2D eigenvalue weighted by molar-refractivity contribution is 7.87. The quantitative estimate of drug-likeness (QED) is 0.516. The van der Waals surface area contributed by atoms with Crippen LogP contribution in [0.4, 0.5) is 8.78 Å². The summed E-state index contributed by atoms with van der Waals surface area (Å²) in [5.41, 5.74) is 0. The van der Waals surface area contributed by atoms with Crippen LogP contribution in [-0.4, -0.2) is 38.4 Å². The maximum atomic E-state index is 11.9. The first-order valence-corrected chi connectivity index (χ1v) is 5.17. The molecule has 0 spiro atoms. The predicted molar refractivity (Wildman–Crippen MR) is 42.0 cm³/mol. The van der Waals surface area contributed by atoms with Gasteiger partial charge in [-0.25, -0.2) is 13.0 Å². The largest absolute Gasteiger partial charge is 0.367 e. The molecule has 0 aliphatic rings. The summed E-state index contributed by atoms with van der Waals surface area (Å²) in [6, 6.07) is 0. The van der Waals surface area contributed by atoms with Crippen LogP contribution in [0.15, 0.2) is 0 Å². The zero-order valence-corrected chi connectivity index (χ0v) is 7.93. The fraction of sp³-hybridized carbons (Fsp3) is 1.00. The van der Waals surface area contributed by atoms with E-state index in [0.717, 1.165) is 0 Å². The summed E-state index contributed by atoms with van der Waals surface area (Å²) in [6.45, 7) is -1.26. The van der Waals surface area contributed by atoms with Crippen molar-refractivity contribution >= 4 is 10.1 Å². The molecule has 1 N–H and O–H groups in total. The van der Waals surface area contributed by atoms with Gasteiger partial charge in [0.15, 0.2) is 6.29 Å². The number of alkyl halides is 2. The summed E-state index contributed by atoms with van der Waals surface area (Å²) in [7, 11) is -4.33. The molecule has 1 unspecified atom stereocenters. The summed E-state index contributed by atoms with van der Waals surface area (Å²) in [6.07, 6.45) is -1.50. The van der Waals surface area contributed by atoms with Gasteiger partial charge in [-0.05, 0) is 6.42 Å². The minimum absolute atomic E-state index is 0.0323. The van der Waals surface area contributed by atoms with E-state index < -0.39 is 35.0 Å². The van der Waals surface area contributed by atoms with Crippen LogP contribution in [0, 0.1) is 0 Å². The van der Waals surface area contributed by atoms with E-state index in [1.54, 1.807) is 0 Å². The first-order valence-electron chi connectivity index (χ1n) is 3.70. The fourth-order valence-corrected chi connectivity index (χ4v) is 1.41. The van der Waals surface area contributed by atoms with Gasteiger partial charge in [-0.1, -0.05) is 6.92 Å². The van der Waals surface area contributed by atoms with Crippen molar-refractivity contribution in [3.63, 3.8) is 0 Å². The maximum Gasteiger partial charge on any atom is 0.277 e. The second-order valence-electron chi connectivity index (χ2n) is 2.38. The van der Waals surface area contributed by atoms with Crippen LogP contribution in [0.1, 0.15) is 13.3 Å². The molecular formula is C6H12F2O4S. The molecule has 0 aliphatic heterocycles. The average Bonchev–Trinajstić information content (AvgIpc) is 2.05. The van der Waals surface area contributed by atoms with Gasteiger partial charge in [-0.2, -0.15) is 8.42 Å². The minimum Gasteiger partial charge on any atom is -0.367 e. The molecule has 0 saturated heterocycles. The lowest BCUT2D eigenvalue weighted by Crippen LogP contribution is -2.31. The zero-order chi connectivity index (χ0) is 10.5. The maximum absolute atomic E-state index is 11.9. The van der Waals surface area contributed by atoms with Crippen LogP contribution in [0.5, 0.6) is 0 Å². The molecule has 0 rings (SSSR count). The van der Waals surface area contributed by atoms with E-state index in [9.17, 15) is 17.2 Å². The van der Waals surface area contributed by atoms with Gasteiger partial charge in [0, 0.05) is 0 Å². The van der Waals surface area contributed by atoms with Gasteiger partial charge in [-0.3, -0.25) is 0 Å². The van der Waals surface area contributed by atoms with Crippen molar-refractivity contribution in [1.82, 2.24) is 0 Å². The molecular weight excluding hydrogens is 206 g/mol. The van der Waals surface area contributed by atoms with E-state index in [1.165, 1.54) is 6.92 Å². The standard InChI is InChI=1S/C6H12F2O4S/c1-2-6(9)12-13(10,11)5(3-7)4-8/h5-6,9H,2-4H2,1H3. The van der Waals surface area contributed by atoms with E-state index in [1.807, 2.05) is 0 Å². The van der Waals surface area contributed by atoms with Gasteiger partial charge in [-0.15, -0.1) is 0 Å². The topological polar surface area (TPSA) is 63.6 Å². The molecule has 80 valence electrons. The normalized spacial score (nSPS) is 14.8. The first-order chi connectivity index (χ1) is 5.97. The summed E-state index contributed by atoms with van der Waals surface area (Å²) in [5, 5.41) is 6.95. The summed E-state index contributed by atoms with van der Waals surface area (Å²) >= 11 is 0. The molecule has 0 saturated carbocycles. The van der Waals surface area contributed by atoms with E-state index in [4.69, 9.17) is 5.11 Å². The molecule has 0 aromatic rings. The summed E-state index contributed by atoms with van der Waals surface area (Å²) in [4.78, 5) is 0. The molecule has 4 nitrogen and oxygen atoms in total. The fourth-order valence-electron chi connectivity index (χ4n) is 0.497. The Bertz CT molecular complexity index is 225. The van der Waals surface area contributed by atoms with Crippen LogP contribution in [0.2, 0.25) is 0 Å². The van der Waals surface area contributed by atoms with Crippen molar-refractivity contribution in [1.29, 1.82) is 0 Å². The molecule has 0 aromatic carbocycles.